The zero-order valence-electron chi connectivity index (χ0n) is 23.0. The summed E-state index contributed by atoms with van der Waals surface area (Å²) in [5.41, 5.74) is 2.75. The Morgan fingerprint density at radius 2 is 1.26 bits per heavy atom. The highest BCUT2D eigenvalue weighted by Gasteiger charge is 2.19. The minimum atomic E-state index is -3.50. The molecule has 4 rings (SSSR count). The quantitative estimate of drug-likeness (QED) is 0.212. The lowest BCUT2D eigenvalue weighted by Gasteiger charge is -2.21. The van der Waals surface area contributed by atoms with Gasteiger partial charge in [0.25, 0.3) is 0 Å². The number of halogens is 2. The Bertz CT molecular complexity index is 1580. The molecule has 0 atom stereocenters. The third kappa shape index (κ3) is 9.93. The molecule has 42 heavy (non-hydrogen) atoms. The van der Waals surface area contributed by atoms with Gasteiger partial charge in [-0.3, -0.25) is 0 Å². The summed E-state index contributed by atoms with van der Waals surface area (Å²) in [6.45, 7) is 0.769. The number of methoxy groups -OCH3 is 2. The van der Waals surface area contributed by atoms with E-state index in [1.54, 1.807) is 54.7 Å². The number of nitrogens with zero attached hydrogens (tertiary/aromatic N) is 3. The summed E-state index contributed by atoms with van der Waals surface area (Å²) in [4.78, 5) is 31.0. The van der Waals surface area contributed by atoms with Gasteiger partial charge in [-0.05, 0) is 91.5 Å². The molecule has 1 N–H and O–H groups in total. The summed E-state index contributed by atoms with van der Waals surface area (Å²) in [7, 11) is -0.818. The lowest BCUT2D eigenvalue weighted by molar-refractivity contribution is 0.0592. The minimum absolute atomic E-state index is 0.120. The largest absolute Gasteiger partial charge is 0.465 e. The first-order valence-electron chi connectivity index (χ1n) is 12.3. The number of benzene rings is 2. The summed E-state index contributed by atoms with van der Waals surface area (Å²) in [5.74, 6) is 0.369. The highest BCUT2D eigenvalue weighted by Crippen LogP contribution is 2.20. The van der Waals surface area contributed by atoms with Gasteiger partial charge in [-0.2, -0.15) is 0 Å². The van der Waals surface area contributed by atoms with E-state index < -0.39 is 16.0 Å². The van der Waals surface area contributed by atoms with Crippen LogP contribution in [0.2, 0.25) is 0 Å². The second-order valence-corrected chi connectivity index (χ2v) is 12.4. The molecule has 2 heterocycles. The summed E-state index contributed by atoms with van der Waals surface area (Å²) in [6, 6.07) is 21.0. The fourth-order valence-electron chi connectivity index (χ4n) is 3.46. The number of sulfonamides is 1. The molecule has 0 spiro atoms. The van der Waals surface area contributed by atoms with Gasteiger partial charge in [0.1, 0.15) is 11.6 Å². The first-order valence-corrected chi connectivity index (χ1v) is 15.7. The van der Waals surface area contributed by atoms with E-state index in [2.05, 4.69) is 56.6 Å². The molecule has 10 nitrogen and oxygen atoms in total. The third-order valence-electron chi connectivity index (χ3n) is 5.64. The number of pyridine rings is 2. The Labute approximate surface area is 261 Å². The van der Waals surface area contributed by atoms with Crippen molar-refractivity contribution in [2.75, 3.05) is 30.1 Å². The molecular weight excluding hydrogens is 692 g/mol. The Balaban J connectivity index is 0.000000235. The van der Waals surface area contributed by atoms with Crippen molar-refractivity contribution < 1.29 is 27.5 Å². The lowest BCUT2D eigenvalue weighted by Crippen LogP contribution is -2.30. The first-order chi connectivity index (χ1) is 20.0. The predicted molar refractivity (Wildman–Crippen MR) is 168 cm³/mol. The highest BCUT2D eigenvalue weighted by atomic mass is 79.9. The number of carbonyl (C=O) groups is 2. The Hall–Kier alpha value is -3.81. The molecule has 0 amide bonds. The minimum Gasteiger partial charge on any atom is -0.465 e. The smallest absolute Gasteiger partial charge is 0.337 e. The predicted octanol–water partition coefficient (Wildman–Crippen LogP) is 5.84. The number of carbonyl (C=O) groups excluding carboxylic acids is 2. The van der Waals surface area contributed by atoms with Crippen molar-refractivity contribution in [1.82, 2.24) is 9.97 Å². The molecule has 0 saturated heterocycles. The monoisotopic (exact) mass is 718 g/mol. The summed E-state index contributed by atoms with van der Waals surface area (Å²) in [6.07, 6.45) is 4.40. The molecule has 2 aromatic heterocycles. The molecule has 0 aliphatic carbocycles. The van der Waals surface area contributed by atoms with Crippen LogP contribution < -0.4 is 9.62 Å². The van der Waals surface area contributed by atoms with Crippen molar-refractivity contribution in [3.63, 3.8) is 0 Å². The summed E-state index contributed by atoms with van der Waals surface area (Å²) in [5, 5.41) is 3.20. The van der Waals surface area contributed by atoms with Crippen molar-refractivity contribution in [2.45, 2.75) is 13.1 Å². The number of esters is 2. The number of rotatable bonds is 9. The summed E-state index contributed by atoms with van der Waals surface area (Å²) < 4.78 is 36.3. The first kappa shape index (κ1) is 32.7. The van der Waals surface area contributed by atoms with Gasteiger partial charge >= 0.3 is 11.9 Å². The van der Waals surface area contributed by atoms with Crippen molar-refractivity contribution >= 4 is 65.5 Å². The summed E-state index contributed by atoms with van der Waals surface area (Å²) >= 11 is 6.60. The van der Waals surface area contributed by atoms with Crippen LogP contribution in [0.4, 0.5) is 11.6 Å². The molecule has 4 aromatic rings. The maximum atomic E-state index is 12.0. The van der Waals surface area contributed by atoms with Crippen LogP contribution in [-0.2, 0) is 32.6 Å². The van der Waals surface area contributed by atoms with Gasteiger partial charge in [0, 0.05) is 27.9 Å². The maximum absolute atomic E-state index is 12.0. The zero-order valence-corrected chi connectivity index (χ0v) is 26.9. The fraction of sp³-hybridized carbons (Fsp3) is 0.172. The highest BCUT2D eigenvalue weighted by molar-refractivity contribution is 9.10. The van der Waals surface area contributed by atoms with E-state index in [1.165, 1.54) is 24.7 Å². The zero-order chi connectivity index (χ0) is 30.7. The lowest BCUT2D eigenvalue weighted by atomic mass is 10.1. The molecule has 220 valence electrons. The number of anilines is 2. The number of hydrogen-bond donors (Lipinski definition) is 1. The standard InChI is InChI=1S/C15H15BrN2O4S.C14H13BrN2O2/c1-22-15(19)12-5-3-11(4-6-12)10-18(23(2,20)21)14-8-7-13(16)9-17-14;1-19-14(18)11-4-2-10(3-5-11)8-16-13-7-6-12(15)9-17-13/h3-9H,10H2,1-2H3;2-7,9H,8H2,1H3,(H,16,17). The molecule has 0 saturated carbocycles. The van der Waals surface area contributed by atoms with E-state index in [-0.39, 0.29) is 12.5 Å². The van der Waals surface area contributed by atoms with Crippen LogP contribution in [0, 0.1) is 0 Å². The van der Waals surface area contributed by atoms with Crippen molar-refractivity contribution in [1.29, 1.82) is 0 Å². The van der Waals surface area contributed by atoms with Gasteiger partial charge in [0.05, 0.1) is 38.1 Å². The molecule has 13 heteroatoms. The normalized spacial score (nSPS) is 10.6. The molecule has 0 bridgehead atoms. The molecule has 0 aliphatic rings. The molecule has 0 fully saturated rings. The fourth-order valence-corrected chi connectivity index (χ4v) is 4.76. The van der Waals surface area contributed by atoms with E-state index in [4.69, 9.17) is 0 Å². The average molecular weight is 720 g/mol. The number of ether oxygens (including phenoxy) is 2. The van der Waals surface area contributed by atoms with Gasteiger partial charge in [0.2, 0.25) is 10.0 Å². The van der Waals surface area contributed by atoms with Crippen molar-refractivity contribution in [3.05, 3.63) is 116 Å². The van der Waals surface area contributed by atoms with Gasteiger partial charge in [-0.25, -0.2) is 32.3 Å². The van der Waals surface area contributed by atoms with E-state index in [9.17, 15) is 18.0 Å². The van der Waals surface area contributed by atoms with E-state index >= 15 is 0 Å². The topological polar surface area (TPSA) is 128 Å². The van der Waals surface area contributed by atoms with E-state index in [0.29, 0.717) is 23.5 Å². The van der Waals surface area contributed by atoms with Crippen LogP contribution in [0.3, 0.4) is 0 Å². The third-order valence-corrected chi connectivity index (χ3v) is 7.70. The number of hydrogen-bond acceptors (Lipinski definition) is 9. The van der Waals surface area contributed by atoms with Crippen molar-refractivity contribution in [2.24, 2.45) is 0 Å². The maximum Gasteiger partial charge on any atom is 0.337 e. The van der Waals surface area contributed by atoms with Crippen LogP contribution in [-0.4, -0.2) is 50.8 Å². The van der Waals surface area contributed by atoms with E-state index in [0.717, 1.165) is 32.1 Å². The van der Waals surface area contributed by atoms with Gasteiger partial charge in [-0.1, -0.05) is 24.3 Å². The second kappa shape index (κ2) is 15.4. The Morgan fingerprint density at radius 1 is 0.762 bits per heavy atom. The molecule has 0 aliphatic heterocycles. The van der Waals surface area contributed by atoms with Crippen LogP contribution >= 0.6 is 31.9 Å². The molecular formula is C29H28Br2N4O6S. The van der Waals surface area contributed by atoms with Crippen LogP contribution in [0.25, 0.3) is 0 Å². The number of nitrogens with one attached hydrogen (secondary N) is 1. The molecule has 2 aromatic carbocycles. The van der Waals surface area contributed by atoms with E-state index in [1.807, 2.05) is 24.3 Å². The van der Waals surface area contributed by atoms with Gasteiger partial charge in [0.15, 0.2) is 0 Å². The van der Waals surface area contributed by atoms with Crippen molar-refractivity contribution in [3.8, 4) is 0 Å². The Morgan fingerprint density at radius 3 is 1.69 bits per heavy atom. The van der Waals surface area contributed by atoms with Crippen LogP contribution in [0.1, 0.15) is 31.8 Å². The second-order valence-electron chi connectivity index (χ2n) is 8.70. The number of aromatic nitrogens is 2. The molecule has 0 radical (unpaired) electrons. The van der Waals surface area contributed by atoms with Gasteiger partial charge in [-0.15, -0.1) is 0 Å². The van der Waals surface area contributed by atoms with Crippen LogP contribution in [0.5, 0.6) is 0 Å². The average Bonchev–Trinajstić information content (AvgIpc) is 2.99. The van der Waals surface area contributed by atoms with Gasteiger partial charge < -0.3 is 14.8 Å². The molecule has 0 unspecified atom stereocenters. The SMILES string of the molecule is COC(=O)c1ccc(CN(c2ccc(Br)cn2)S(C)(=O)=O)cc1.COC(=O)c1ccc(CNc2ccc(Br)cn2)cc1. The Kier molecular flexibility index (Phi) is 12.0. The van der Waals surface area contributed by atoms with Crippen LogP contribution in [0.15, 0.2) is 94.1 Å².